The first kappa shape index (κ1) is 34.3. The van der Waals surface area contributed by atoms with Crippen molar-refractivity contribution < 1.29 is 0 Å². The highest BCUT2D eigenvalue weighted by atomic mass is 14.2. The fraction of sp³-hybridized carbons (Fsp3) is 0. The highest BCUT2D eigenvalue weighted by Gasteiger charge is 2.22. The largest absolute Gasteiger partial charge is 0.0622 e. The molecule has 0 amide bonds. The van der Waals surface area contributed by atoms with Crippen molar-refractivity contribution in [1.29, 1.82) is 0 Å². The molecule has 0 aromatic heterocycles. The van der Waals surface area contributed by atoms with E-state index in [1.807, 2.05) is 0 Å². The first-order valence-electron chi connectivity index (χ1n) is 20.9. The average Bonchev–Trinajstić information content (AvgIpc) is 3.33. The summed E-state index contributed by atoms with van der Waals surface area (Å²) < 4.78 is 0. The Morgan fingerprint density at radius 2 is 0.417 bits per heavy atom. The Kier molecular flexibility index (Phi) is 7.96. The molecule has 0 saturated heterocycles. The number of fused-ring (bicyclic) bond motifs is 8. The van der Waals surface area contributed by atoms with Crippen LogP contribution in [0.15, 0.2) is 231 Å². The molecule has 12 aromatic carbocycles. The molecule has 0 saturated carbocycles. The summed E-state index contributed by atoms with van der Waals surface area (Å²) in [4.78, 5) is 0. The second-order valence-corrected chi connectivity index (χ2v) is 15.8. The molecule has 0 aliphatic heterocycles. The Hall–Kier alpha value is -7.80. The van der Waals surface area contributed by atoms with E-state index in [2.05, 4.69) is 231 Å². The maximum atomic E-state index is 2.38. The normalized spacial score (nSPS) is 11.7. The zero-order valence-electron chi connectivity index (χ0n) is 32.9. The molecular weight excluding hydrogens is 721 g/mol. The zero-order valence-corrected chi connectivity index (χ0v) is 32.9. The highest BCUT2D eigenvalue weighted by Crippen LogP contribution is 2.50. The van der Waals surface area contributed by atoms with Crippen LogP contribution in [0.4, 0.5) is 0 Å². The van der Waals surface area contributed by atoms with E-state index >= 15 is 0 Å². The summed E-state index contributed by atoms with van der Waals surface area (Å²) in [5.41, 5.74) is 12.5. The van der Waals surface area contributed by atoms with E-state index in [0.29, 0.717) is 0 Å². The van der Waals surface area contributed by atoms with Gasteiger partial charge < -0.3 is 0 Å². The highest BCUT2D eigenvalue weighted by molar-refractivity contribution is 6.31. The molecule has 278 valence electrons. The predicted octanol–water partition coefficient (Wildman–Crippen LogP) is 16.9. The van der Waals surface area contributed by atoms with Crippen molar-refractivity contribution in [2.24, 2.45) is 0 Å². The van der Waals surface area contributed by atoms with Gasteiger partial charge in [-0.3, -0.25) is 0 Å². The van der Waals surface area contributed by atoms with Crippen LogP contribution < -0.4 is 0 Å². The summed E-state index contributed by atoms with van der Waals surface area (Å²) in [6, 6.07) is 85.0. The molecule has 0 fully saturated rings. The molecule has 0 radical (unpaired) electrons. The van der Waals surface area contributed by atoms with Gasteiger partial charge in [-0.1, -0.05) is 231 Å². The molecule has 0 N–H and O–H groups in total. The van der Waals surface area contributed by atoms with Gasteiger partial charge in [0.25, 0.3) is 0 Å². The third kappa shape index (κ3) is 5.25. The zero-order chi connectivity index (χ0) is 39.6. The quantitative estimate of drug-likeness (QED) is 0.121. The van der Waals surface area contributed by atoms with Crippen molar-refractivity contribution in [1.82, 2.24) is 0 Å². The first-order chi connectivity index (χ1) is 29.8. The maximum Gasteiger partial charge on any atom is -0.00139 e. The van der Waals surface area contributed by atoms with Gasteiger partial charge in [-0.2, -0.15) is 0 Å². The maximum absolute atomic E-state index is 2.38. The van der Waals surface area contributed by atoms with E-state index in [1.165, 1.54) is 120 Å². The van der Waals surface area contributed by atoms with Crippen molar-refractivity contribution in [3.63, 3.8) is 0 Å². The molecule has 12 aromatic rings. The van der Waals surface area contributed by atoms with Gasteiger partial charge in [0.2, 0.25) is 0 Å². The van der Waals surface area contributed by atoms with E-state index in [9.17, 15) is 0 Å². The molecule has 0 aliphatic carbocycles. The summed E-state index contributed by atoms with van der Waals surface area (Å²) in [6.07, 6.45) is 0. The molecule has 0 atom stereocenters. The molecule has 12 rings (SSSR count). The lowest BCUT2D eigenvalue weighted by atomic mass is 9.82. The van der Waals surface area contributed by atoms with Crippen LogP contribution in [0.1, 0.15) is 0 Å². The van der Waals surface area contributed by atoms with Gasteiger partial charge in [-0.25, -0.2) is 0 Å². The van der Waals surface area contributed by atoms with Crippen LogP contribution in [0.25, 0.3) is 120 Å². The molecule has 0 nitrogen and oxygen atoms in total. The minimum absolute atomic E-state index is 1.22. The Balaban J connectivity index is 1.21. The Labute approximate surface area is 349 Å². The standard InChI is InChI=1S/C60H38/c1-5-19-39(20-6-1)55-49-27-13-15-29-51(49)57(41-23-9-3-10-24-41)59-47-33-17-31-43(45(47)35-37-53(55)59)44-32-18-34-48-46(44)36-38-54-56(40-21-7-2-8-22-40)50-28-14-16-30-52(50)58(60(48)54)42-25-11-4-12-26-42/h1-38H. The second-order valence-electron chi connectivity index (χ2n) is 15.8. The van der Waals surface area contributed by atoms with Crippen molar-refractivity contribution in [3.8, 4) is 55.6 Å². The van der Waals surface area contributed by atoms with Gasteiger partial charge in [0.1, 0.15) is 0 Å². The minimum Gasteiger partial charge on any atom is -0.0622 e. The van der Waals surface area contributed by atoms with Gasteiger partial charge in [0, 0.05) is 0 Å². The molecule has 0 bridgehead atoms. The van der Waals surface area contributed by atoms with E-state index in [4.69, 9.17) is 0 Å². The van der Waals surface area contributed by atoms with Gasteiger partial charge in [0.05, 0.1) is 0 Å². The van der Waals surface area contributed by atoms with E-state index in [1.54, 1.807) is 0 Å². The molecule has 0 aliphatic rings. The van der Waals surface area contributed by atoms with Gasteiger partial charge in [-0.05, 0) is 120 Å². The van der Waals surface area contributed by atoms with Crippen molar-refractivity contribution in [2.75, 3.05) is 0 Å². The fourth-order valence-corrected chi connectivity index (χ4v) is 10.2. The number of hydrogen-bond donors (Lipinski definition) is 0. The predicted molar refractivity (Wildman–Crippen MR) is 259 cm³/mol. The molecule has 0 heterocycles. The smallest absolute Gasteiger partial charge is 0.00139 e. The lowest BCUT2D eigenvalue weighted by molar-refractivity contribution is 1.65. The first-order valence-corrected chi connectivity index (χ1v) is 20.9. The van der Waals surface area contributed by atoms with Crippen molar-refractivity contribution in [2.45, 2.75) is 0 Å². The monoisotopic (exact) mass is 758 g/mol. The molecule has 60 heavy (non-hydrogen) atoms. The van der Waals surface area contributed by atoms with Gasteiger partial charge >= 0.3 is 0 Å². The fourth-order valence-electron chi connectivity index (χ4n) is 10.2. The number of rotatable bonds is 5. The van der Waals surface area contributed by atoms with E-state index < -0.39 is 0 Å². The number of benzene rings is 12. The van der Waals surface area contributed by atoms with Crippen molar-refractivity contribution in [3.05, 3.63) is 231 Å². The lowest BCUT2D eigenvalue weighted by Crippen LogP contribution is -1.94. The van der Waals surface area contributed by atoms with Gasteiger partial charge in [0.15, 0.2) is 0 Å². The van der Waals surface area contributed by atoms with Crippen LogP contribution >= 0.6 is 0 Å². The van der Waals surface area contributed by atoms with Gasteiger partial charge in [-0.15, -0.1) is 0 Å². The second kappa shape index (κ2) is 13.9. The third-order valence-electron chi connectivity index (χ3n) is 12.6. The third-order valence-corrected chi connectivity index (χ3v) is 12.6. The van der Waals surface area contributed by atoms with Crippen LogP contribution in [0, 0.1) is 0 Å². The summed E-state index contributed by atoms with van der Waals surface area (Å²) in [7, 11) is 0. The topological polar surface area (TPSA) is 0 Å². The van der Waals surface area contributed by atoms with E-state index in [-0.39, 0.29) is 0 Å². The molecule has 0 heteroatoms. The molecule has 0 unspecified atom stereocenters. The molecular formula is C60H38. The van der Waals surface area contributed by atoms with Crippen LogP contribution in [0.5, 0.6) is 0 Å². The Morgan fingerprint density at radius 1 is 0.150 bits per heavy atom. The van der Waals surface area contributed by atoms with Crippen molar-refractivity contribution >= 4 is 64.6 Å². The summed E-state index contributed by atoms with van der Waals surface area (Å²) in [5, 5.41) is 15.2. The summed E-state index contributed by atoms with van der Waals surface area (Å²) in [6.45, 7) is 0. The Bertz CT molecular complexity index is 3360. The van der Waals surface area contributed by atoms with E-state index in [0.717, 1.165) is 0 Å². The average molecular weight is 759 g/mol. The minimum atomic E-state index is 1.22. The Morgan fingerprint density at radius 3 is 0.767 bits per heavy atom. The van der Waals surface area contributed by atoms with Crippen LogP contribution in [-0.2, 0) is 0 Å². The SMILES string of the molecule is c1ccc(-c2c3ccccc3c(-c3ccccc3)c3c2ccc2c(-c4cccc5c4ccc4c(-c6ccccc6)c6ccccc6c(-c6ccccc6)c45)cccc23)cc1. The molecule has 0 spiro atoms. The van der Waals surface area contributed by atoms with Crippen LogP contribution in [0.3, 0.4) is 0 Å². The van der Waals surface area contributed by atoms with Crippen LogP contribution in [-0.4, -0.2) is 0 Å². The lowest BCUT2D eigenvalue weighted by Gasteiger charge is -2.21. The summed E-state index contributed by atoms with van der Waals surface area (Å²) in [5.74, 6) is 0. The number of hydrogen-bond acceptors (Lipinski definition) is 0. The summed E-state index contributed by atoms with van der Waals surface area (Å²) >= 11 is 0. The van der Waals surface area contributed by atoms with Crippen LogP contribution in [0.2, 0.25) is 0 Å².